The minimum atomic E-state index is 0.706. The van der Waals surface area contributed by atoms with E-state index in [1.54, 1.807) is 0 Å². The molecule has 1 heterocycles. The van der Waals surface area contributed by atoms with Gasteiger partial charge in [-0.1, -0.05) is 18.2 Å². The van der Waals surface area contributed by atoms with Crippen molar-refractivity contribution in [1.29, 1.82) is 5.26 Å². The number of nitrogens with one attached hydrogen (secondary N) is 1. The van der Waals surface area contributed by atoms with Crippen LogP contribution in [0.1, 0.15) is 23.6 Å². The molecule has 0 spiro atoms. The van der Waals surface area contributed by atoms with Crippen LogP contribution in [0.15, 0.2) is 42.6 Å². The summed E-state index contributed by atoms with van der Waals surface area (Å²) in [7, 11) is 2.07. The van der Waals surface area contributed by atoms with E-state index in [4.69, 9.17) is 5.26 Å². The van der Waals surface area contributed by atoms with E-state index in [9.17, 15) is 0 Å². The van der Waals surface area contributed by atoms with Gasteiger partial charge in [0.15, 0.2) is 0 Å². The van der Waals surface area contributed by atoms with Gasteiger partial charge in [-0.05, 0) is 43.3 Å². The molecule has 0 saturated carbocycles. The highest BCUT2D eigenvalue weighted by Crippen LogP contribution is 2.11. The van der Waals surface area contributed by atoms with Gasteiger partial charge in [0.2, 0.25) is 0 Å². The third kappa shape index (κ3) is 4.59. The minimum Gasteiger partial charge on any atom is -0.370 e. The molecule has 2 rings (SSSR count). The second-order valence-electron chi connectivity index (χ2n) is 5.07. The van der Waals surface area contributed by atoms with Crippen LogP contribution in [-0.2, 0) is 13.1 Å². The standard InChI is InChI=1S/C17H20N4/c1-3-19-17-8-7-16(11-20-17)13-21(2)12-15-6-4-5-14(9-15)10-18/h4-9,11H,3,12-13H2,1-2H3,(H,19,20). The summed E-state index contributed by atoms with van der Waals surface area (Å²) < 4.78 is 0. The normalized spacial score (nSPS) is 10.4. The summed E-state index contributed by atoms with van der Waals surface area (Å²) in [5, 5.41) is 12.1. The Balaban J connectivity index is 1.94. The van der Waals surface area contributed by atoms with Crippen molar-refractivity contribution in [2.45, 2.75) is 20.0 Å². The Labute approximate surface area is 126 Å². The first kappa shape index (κ1) is 15.0. The Bertz CT molecular complexity index is 613. The van der Waals surface area contributed by atoms with Gasteiger partial charge in [-0.2, -0.15) is 5.26 Å². The first-order valence-electron chi connectivity index (χ1n) is 7.07. The lowest BCUT2D eigenvalue weighted by atomic mass is 10.1. The Kier molecular flexibility index (Phi) is 5.30. The third-order valence-electron chi connectivity index (χ3n) is 3.14. The summed E-state index contributed by atoms with van der Waals surface area (Å²) in [5.74, 6) is 0.908. The summed E-state index contributed by atoms with van der Waals surface area (Å²) in [4.78, 5) is 6.58. The van der Waals surface area contributed by atoms with Gasteiger partial charge in [0.25, 0.3) is 0 Å². The lowest BCUT2D eigenvalue weighted by Gasteiger charge is -2.17. The van der Waals surface area contributed by atoms with Crippen molar-refractivity contribution in [3.63, 3.8) is 0 Å². The van der Waals surface area contributed by atoms with Crippen molar-refractivity contribution in [3.05, 3.63) is 59.3 Å². The van der Waals surface area contributed by atoms with E-state index in [1.165, 1.54) is 5.56 Å². The summed E-state index contributed by atoms with van der Waals surface area (Å²) in [5.41, 5.74) is 3.03. The molecular weight excluding hydrogens is 260 g/mol. The minimum absolute atomic E-state index is 0.706. The number of nitrogens with zero attached hydrogens (tertiary/aromatic N) is 3. The molecule has 108 valence electrons. The molecule has 4 nitrogen and oxygen atoms in total. The maximum atomic E-state index is 8.92. The SMILES string of the molecule is CCNc1ccc(CN(C)Cc2cccc(C#N)c2)cn1. The van der Waals surface area contributed by atoms with E-state index in [0.29, 0.717) is 5.56 Å². The van der Waals surface area contributed by atoms with E-state index in [1.807, 2.05) is 36.5 Å². The Morgan fingerprint density at radius 3 is 2.67 bits per heavy atom. The average Bonchev–Trinajstić information content (AvgIpc) is 2.49. The van der Waals surface area contributed by atoms with Gasteiger partial charge < -0.3 is 5.32 Å². The van der Waals surface area contributed by atoms with E-state index in [-0.39, 0.29) is 0 Å². The zero-order valence-corrected chi connectivity index (χ0v) is 12.5. The molecule has 1 aromatic heterocycles. The van der Waals surface area contributed by atoms with Crippen LogP contribution < -0.4 is 5.32 Å². The number of pyridine rings is 1. The summed E-state index contributed by atoms with van der Waals surface area (Å²) in [6, 6.07) is 14.0. The zero-order chi connectivity index (χ0) is 15.1. The molecule has 0 fully saturated rings. The Morgan fingerprint density at radius 1 is 1.19 bits per heavy atom. The molecule has 0 atom stereocenters. The number of anilines is 1. The van der Waals surface area contributed by atoms with E-state index < -0.39 is 0 Å². The van der Waals surface area contributed by atoms with Gasteiger partial charge in [0.1, 0.15) is 5.82 Å². The summed E-state index contributed by atoms with van der Waals surface area (Å²) >= 11 is 0. The largest absolute Gasteiger partial charge is 0.370 e. The van der Waals surface area contributed by atoms with Crippen LogP contribution in [0.25, 0.3) is 0 Å². The molecule has 1 aromatic carbocycles. The molecule has 4 heteroatoms. The highest BCUT2D eigenvalue weighted by atomic mass is 15.1. The van der Waals surface area contributed by atoms with E-state index in [2.05, 4.69) is 41.3 Å². The van der Waals surface area contributed by atoms with Crippen molar-refractivity contribution >= 4 is 5.82 Å². The lowest BCUT2D eigenvalue weighted by Crippen LogP contribution is -2.17. The molecule has 0 unspecified atom stereocenters. The zero-order valence-electron chi connectivity index (χ0n) is 12.5. The van der Waals surface area contributed by atoms with Gasteiger partial charge >= 0.3 is 0 Å². The molecular formula is C17H20N4. The average molecular weight is 280 g/mol. The summed E-state index contributed by atoms with van der Waals surface area (Å²) in [6.07, 6.45) is 1.90. The van der Waals surface area contributed by atoms with Crippen molar-refractivity contribution in [2.24, 2.45) is 0 Å². The van der Waals surface area contributed by atoms with E-state index >= 15 is 0 Å². The van der Waals surface area contributed by atoms with E-state index in [0.717, 1.165) is 31.0 Å². The predicted octanol–water partition coefficient (Wildman–Crippen LogP) is 3.02. The van der Waals surface area contributed by atoms with Crippen LogP contribution in [0.3, 0.4) is 0 Å². The molecule has 21 heavy (non-hydrogen) atoms. The number of rotatable bonds is 6. The smallest absolute Gasteiger partial charge is 0.125 e. The first-order chi connectivity index (χ1) is 10.2. The van der Waals surface area contributed by atoms with Gasteiger partial charge in [0.05, 0.1) is 11.6 Å². The maximum absolute atomic E-state index is 8.92. The first-order valence-corrected chi connectivity index (χ1v) is 7.07. The topological polar surface area (TPSA) is 52.0 Å². The van der Waals surface area contributed by atoms with Gasteiger partial charge in [-0.15, -0.1) is 0 Å². The quantitative estimate of drug-likeness (QED) is 0.883. The molecule has 1 N–H and O–H groups in total. The molecule has 0 radical (unpaired) electrons. The molecule has 0 bridgehead atoms. The molecule has 0 aliphatic rings. The van der Waals surface area contributed by atoms with Crippen molar-refractivity contribution in [2.75, 3.05) is 18.9 Å². The number of hydrogen-bond donors (Lipinski definition) is 1. The van der Waals surface area contributed by atoms with Crippen LogP contribution in [0.2, 0.25) is 0 Å². The Morgan fingerprint density at radius 2 is 2.00 bits per heavy atom. The second-order valence-corrected chi connectivity index (χ2v) is 5.07. The second kappa shape index (κ2) is 7.41. The summed E-state index contributed by atoms with van der Waals surface area (Å²) in [6.45, 7) is 4.57. The number of aromatic nitrogens is 1. The fraction of sp³-hybridized carbons (Fsp3) is 0.294. The van der Waals surface area contributed by atoms with Gasteiger partial charge in [-0.3, -0.25) is 4.90 Å². The fourth-order valence-electron chi connectivity index (χ4n) is 2.22. The lowest BCUT2D eigenvalue weighted by molar-refractivity contribution is 0.318. The van der Waals surface area contributed by atoms with Crippen molar-refractivity contribution in [3.8, 4) is 6.07 Å². The highest BCUT2D eigenvalue weighted by molar-refractivity contribution is 5.35. The molecule has 0 aliphatic carbocycles. The molecule has 0 aliphatic heterocycles. The Hall–Kier alpha value is -2.38. The van der Waals surface area contributed by atoms with Gasteiger partial charge in [0, 0.05) is 25.8 Å². The highest BCUT2D eigenvalue weighted by Gasteiger charge is 2.03. The number of hydrogen-bond acceptors (Lipinski definition) is 4. The third-order valence-corrected chi connectivity index (χ3v) is 3.14. The van der Waals surface area contributed by atoms with Crippen LogP contribution >= 0.6 is 0 Å². The van der Waals surface area contributed by atoms with Crippen LogP contribution in [0.5, 0.6) is 0 Å². The number of nitriles is 1. The number of benzene rings is 1. The monoisotopic (exact) mass is 280 g/mol. The van der Waals surface area contributed by atoms with Crippen LogP contribution in [-0.4, -0.2) is 23.5 Å². The van der Waals surface area contributed by atoms with Crippen molar-refractivity contribution < 1.29 is 0 Å². The maximum Gasteiger partial charge on any atom is 0.125 e. The van der Waals surface area contributed by atoms with Crippen LogP contribution in [0.4, 0.5) is 5.82 Å². The predicted molar refractivity (Wildman–Crippen MR) is 84.7 cm³/mol. The fourth-order valence-corrected chi connectivity index (χ4v) is 2.22. The van der Waals surface area contributed by atoms with Gasteiger partial charge in [-0.25, -0.2) is 4.98 Å². The molecule has 0 amide bonds. The molecule has 2 aromatic rings. The molecule has 0 saturated heterocycles. The van der Waals surface area contributed by atoms with Crippen LogP contribution in [0, 0.1) is 11.3 Å². The van der Waals surface area contributed by atoms with Crippen molar-refractivity contribution in [1.82, 2.24) is 9.88 Å².